The molecule has 41 heavy (non-hydrogen) atoms. The van der Waals surface area contributed by atoms with Gasteiger partial charge in [0.15, 0.2) is 11.7 Å². The maximum absolute atomic E-state index is 14.1. The van der Waals surface area contributed by atoms with Crippen LogP contribution in [-0.4, -0.2) is 63.9 Å². The Kier molecular flexibility index (Phi) is 10.8. The average molecular weight is 561 g/mol. The number of aryl methyl sites for hydroxylation is 1. The number of benzene rings is 2. The molecule has 0 radical (unpaired) electrons. The van der Waals surface area contributed by atoms with Crippen molar-refractivity contribution >= 4 is 23.5 Å². The van der Waals surface area contributed by atoms with Crippen molar-refractivity contribution in [2.45, 2.75) is 96.7 Å². The van der Waals surface area contributed by atoms with Gasteiger partial charge < -0.3 is 5.73 Å². The van der Waals surface area contributed by atoms with Crippen LogP contribution in [-0.2, 0) is 17.6 Å². The van der Waals surface area contributed by atoms with Crippen LogP contribution in [0.15, 0.2) is 59.6 Å². The number of unbranched alkanes of at least 4 members (excludes halogenated alkanes) is 5. The van der Waals surface area contributed by atoms with Crippen LogP contribution in [0, 0.1) is 0 Å². The molecule has 1 fully saturated rings. The summed E-state index contributed by atoms with van der Waals surface area (Å²) in [6.07, 6.45) is 9.11. The van der Waals surface area contributed by atoms with Crippen molar-refractivity contribution < 1.29 is 9.59 Å². The van der Waals surface area contributed by atoms with Gasteiger partial charge in [-0.2, -0.15) is 0 Å². The summed E-state index contributed by atoms with van der Waals surface area (Å²) in [6.45, 7) is 7.92. The van der Waals surface area contributed by atoms with Gasteiger partial charge in [-0.3, -0.25) is 19.6 Å². The van der Waals surface area contributed by atoms with E-state index in [9.17, 15) is 9.59 Å². The van der Waals surface area contributed by atoms with E-state index < -0.39 is 11.7 Å². The van der Waals surface area contributed by atoms with Gasteiger partial charge in [-0.25, -0.2) is 15.2 Å². The fraction of sp³-hybridized carbons (Fsp3) is 0.545. The van der Waals surface area contributed by atoms with E-state index in [1.807, 2.05) is 47.2 Å². The Morgan fingerprint density at radius 1 is 0.854 bits per heavy atom. The number of anilines is 1. The largest absolute Gasteiger partial charge is 0.399 e. The maximum Gasteiger partial charge on any atom is 0.328 e. The Hall–Kier alpha value is -3.39. The van der Waals surface area contributed by atoms with Crippen molar-refractivity contribution in [2.75, 3.05) is 25.4 Å². The number of fused-ring (bicyclic) bond motifs is 1. The molecular formula is C33H48N6O2. The SMILES string of the molecule is CCCCCN1C(=O)C2N(NCC)C(Cc3ccccc3)=NC2(CC)N(CCCCCCc2ccc(N)cc2)C1=O. The van der Waals surface area contributed by atoms with Crippen molar-refractivity contribution in [2.24, 2.45) is 4.99 Å². The van der Waals surface area contributed by atoms with Gasteiger partial charge >= 0.3 is 6.03 Å². The van der Waals surface area contributed by atoms with E-state index >= 15 is 0 Å². The lowest BCUT2D eigenvalue weighted by atomic mass is 9.91. The first-order valence-corrected chi connectivity index (χ1v) is 15.6. The van der Waals surface area contributed by atoms with Crippen molar-refractivity contribution in [1.29, 1.82) is 0 Å². The Morgan fingerprint density at radius 2 is 1.56 bits per heavy atom. The molecule has 0 aliphatic carbocycles. The summed E-state index contributed by atoms with van der Waals surface area (Å²) in [7, 11) is 0. The second-order valence-electron chi connectivity index (χ2n) is 11.2. The number of nitrogens with two attached hydrogens (primary N) is 1. The number of urea groups is 1. The number of hydrazine groups is 1. The Labute approximate surface area is 245 Å². The number of nitrogen functional groups attached to an aromatic ring is 1. The highest BCUT2D eigenvalue weighted by Crippen LogP contribution is 2.40. The number of carbonyl (C=O) groups excluding carboxylic acids is 2. The summed E-state index contributed by atoms with van der Waals surface area (Å²) in [5.41, 5.74) is 11.6. The first-order chi connectivity index (χ1) is 19.9. The Balaban J connectivity index is 1.53. The third kappa shape index (κ3) is 6.92. The van der Waals surface area contributed by atoms with Crippen molar-refractivity contribution in [3.63, 3.8) is 0 Å². The summed E-state index contributed by atoms with van der Waals surface area (Å²) >= 11 is 0. The van der Waals surface area contributed by atoms with E-state index in [0.717, 1.165) is 68.5 Å². The first kappa shape index (κ1) is 30.6. The zero-order valence-corrected chi connectivity index (χ0v) is 25.1. The van der Waals surface area contributed by atoms with Crippen LogP contribution < -0.4 is 11.2 Å². The monoisotopic (exact) mass is 560 g/mol. The molecule has 8 nitrogen and oxygen atoms in total. The Bertz CT molecular complexity index is 1170. The van der Waals surface area contributed by atoms with E-state index in [0.29, 0.717) is 32.5 Å². The lowest BCUT2D eigenvalue weighted by Gasteiger charge is -2.50. The van der Waals surface area contributed by atoms with Gasteiger partial charge in [0.1, 0.15) is 5.84 Å². The van der Waals surface area contributed by atoms with E-state index in [1.54, 1.807) is 0 Å². The molecule has 1 saturated heterocycles. The average Bonchev–Trinajstić information content (AvgIpc) is 3.29. The molecular weight excluding hydrogens is 512 g/mol. The number of rotatable bonds is 16. The Morgan fingerprint density at radius 3 is 2.24 bits per heavy atom. The summed E-state index contributed by atoms with van der Waals surface area (Å²) in [6, 6.07) is 17.6. The van der Waals surface area contributed by atoms with Gasteiger partial charge in [0, 0.05) is 31.7 Å². The predicted octanol–water partition coefficient (Wildman–Crippen LogP) is 5.78. The zero-order chi connectivity index (χ0) is 29.2. The van der Waals surface area contributed by atoms with Crippen molar-refractivity contribution in [3.8, 4) is 0 Å². The second kappa shape index (κ2) is 14.5. The van der Waals surface area contributed by atoms with Gasteiger partial charge in [-0.15, -0.1) is 0 Å². The molecule has 2 aliphatic heterocycles. The number of nitrogens with zero attached hydrogens (tertiary/aromatic N) is 4. The molecule has 4 rings (SSSR count). The molecule has 2 unspecified atom stereocenters. The normalized spacial score (nSPS) is 20.5. The van der Waals surface area contributed by atoms with E-state index in [4.69, 9.17) is 10.7 Å². The van der Waals surface area contributed by atoms with E-state index in [-0.39, 0.29) is 11.9 Å². The van der Waals surface area contributed by atoms with Crippen molar-refractivity contribution in [1.82, 2.24) is 20.2 Å². The molecule has 8 heteroatoms. The topological polar surface area (TPSA) is 94.3 Å². The molecule has 2 atom stereocenters. The smallest absolute Gasteiger partial charge is 0.328 e. The van der Waals surface area contributed by atoms with Crippen LogP contribution in [0.1, 0.15) is 83.3 Å². The van der Waals surface area contributed by atoms with Crippen LogP contribution in [0.3, 0.4) is 0 Å². The minimum absolute atomic E-state index is 0.138. The van der Waals surface area contributed by atoms with Crippen LogP contribution in [0.2, 0.25) is 0 Å². The van der Waals surface area contributed by atoms with E-state index in [2.05, 4.69) is 43.5 Å². The molecule has 2 aromatic carbocycles. The second-order valence-corrected chi connectivity index (χ2v) is 11.2. The molecule has 222 valence electrons. The van der Waals surface area contributed by atoms with Crippen molar-refractivity contribution in [3.05, 3.63) is 65.7 Å². The zero-order valence-electron chi connectivity index (χ0n) is 25.1. The summed E-state index contributed by atoms with van der Waals surface area (Å²) in [5, 5.41) is 1.97. The molecule has 0 bridgehead atoms. The third-order valence-corrected chi connectivity index (χ3v) is 8.34. The highest BCUT2D eigenvalue weighted by Gasteiger charge is 2.61. The minimum atomic E-state index is -0.911. The van der Waals surface area contributed by atoms with Crippen LogP contribution in [0.5, 0.6) is 0 Å². The molecule has 3 N–H and O–H groups in total. The van der Waals surface area contributed by atoms with Gasteiger partial charge in [-0.1, -0.05) is 88.9 Å². The highest BCUT2D eigenvalue weighted by molar-refractivity contribution is 6.05. The number of amides is 3. The van der Waals surface area contributed by atoms with Gasteiger partial charge in [0.05, 0.1) is 0 Å². The molecule has 2 aromatic rings. The summed E-state index contributed by atoms with van der Waals surface area (Å²) < 4.78 is 0. The first-order valence-electron chi connectivity index (χ1n) is 15.6. The quantitative estimate of drug-likeness (QED) is 0.200. The van der Waals surface area contributed by atoms with Gasteiger partial charge in [-0.05, 0) is 55.4 Å². The maximum atomic E-state index is 14.1. The standard InChI is InChI=1S/C33H48N6O2/c1-4-7-14-23-37-31(40)30-33(5-2,36-29(39(30)35-6-3)25-27-17-12-10-13-18-27)38(32(37)41)24-15-9-8-11-16-26-19-21-28(34)22-20-26/h10,12-13,17-22,30,35H,4-9,11,14-16,23-25,34H2,1-3H3. The summed E-state index contributed by atoms with van der Waals surface area (Å²) in [4.78, 5) is 36.8. The lowest BCUT2D eigenvalue weighted by Crippen LogP contribution is -2.73. The highest BCUT2D eigenvalue weighted by atomic mass is 16.2. The molecule has 0 saturated carbocycles. The molecule has 0 spiro atoms. The predicted molar refractivity (Wildman–Crippen MR) is 166 cm³/mol. The number of aliphatic imine (C=N–C) groups is 1. The molecule has 2 heterocycles. The molecule has 3 amide bonds. The number of nitrogens with one attached hydrogen (secondary N) is 1. The van der Waals surface area contributed by atoms with Crippen LogP contribution >= 0.6 is 0 Å². The number of imide groups is 1. The number of carbonyl (C=O) groups is 2. The fourth-order valence-electron chi connectivity index (χ4n) is 6.13. The van der Waals surface area contributed by atoms with Crippen LogP contribution in [0.25, 0.3) is 0 Å². The minimum Gasteiger partial charge on any atom is -0.399 e. The molecule has 0 aromatic heterocycles. The third-order valence-electron chi connectivity index (χ3n) is 8.34. The lowest BCUT2D eigenvalue weighted by molar-refractivity contribution is -0.144. The van der Waals surface area contributed by atoms with Crippen LogP contribution in [0.4, 0.5) is 10.5 Å². The number of hydrogen-bond acceptors (Lipinski definition) is 6. The van der Waals surface area contributed by atoms with Gasteiger partial charge in [0.25, 0.3) is 5.91 Å². The van der Waals surface area contributed by atoms with E-state index in [1.165, 1.54) is 10.5 Å². The van der Waals surface area contributed by atoms with Gasteiger partial charge in [0.2, 0.25) is 0 Å². The molecule has 2 aliphatic rings. The fourth-order valence-corrected chi connectivity index (χ4v) is 6.13. The summed E-state index contributed by atoms with van der Waals surface area (Å²) in [5.74, 6) is 0.676. The number of hydrogen-bond donors (Lipinski definition) is 2. The number of amidine groups is 1.